The Morgan fingerprint density at radius 3 is 2.62 bits per heavy atom. The maximum atomic E-state index is 10.7. The van der Waals surface area contributed by atoms with Gasteiger partial charge in [-0.15, -0.1) is 0 Å². The van der Waals surface area contributed by atoms with E-state index in [9.17, 15) is 15.0 Å². The number of Topliss-reactive ketones (excluding diaryl/α,β-unsaturated/α-hetero) is 1. The molecular weight excluding hydrogens is 168 g/mol. The van der Waals surface area contributed by atoms with Crippen molar-refractivity contribution in [3.63, 3.8) is 0 Å². The Morgan fingerprint density at radius 2 is 2.08 bits per heavy atom. The van der Waals surface area contributed by atoms with Gasteiger partial charge in [-0.05, 0) is 13.0 Å². The highest BCUT2D eigenvalue weighted by Crippen LogP contribution is 2.25. The van der Waals surface area contributed by atoms with Gasteiger partial charge in [-0.25, -0.2) is 0 Å². The summed E-state index contributed by atoms with van der Waals surface area (Å²) in [5, 5.41) is 18.8. The molecule has 0 spiro atoms. The number of aliphatic hydroxyl groups is 1. The van der Waals surface area contributed by atoms with Crippen molar-refractivity contribution in [3.8, 4) is 5.75 Å². The molecule has 0 aromatic heterocycles. The van der Waals surface area contributed by atoms with Gasteiger partial charge in [-0.2, -0.15) is 0 Å². The number of rotatable bonds is 3. The van der Waals surface area contributed by atoms with Crippen LogP contribution in [0.15, 0.2) is 24.3 Å². The van der Waals surface area contributed by atoms with Crippen molar-refractivity contribution < 1.29 is 15.0 Å². The molecule has 0 aliphatic heterocycles. The maximum Gasteiger partial charge on any atom is 0.132 e. The molecule has 70 valence electrons. The van der Waals surface area contributed by atoms with Gasteiger partial charge >= 0.3 is 0 Å². The molecule has 1 aromatic carbocycles. The van der Waals surface area contributed by atoms with E-state index in [4.69, 9.17) is 0 Å². The predicted molar refractivity (Wildman–Crippen MR) is 48.4 cm³/mol. The van der Waals surface area contributed by atoms with Crippen molar-refractivity contribution in [1.29, 1.82) is 0 Å². The van der Waals surface area contributed by atoms with E-state index >= 15 is 0 Å². The van der Waals surface area contributed by atoms with Crippen LogP contribution in [-0.4, -0.2) is 16.0 Å². The molecule has 0 saturated carbocycles. The van der Waals surface area contributed by atoms with Gasteiger partial charge in [0.05, 0.1) is 6.10 Å². The summed E-state index contributed by atoms with van der Waals surface area (Å²) >= 11 is 0. The second-order valence-electron chi connectivity index (χ2n) is 2.98. The lowest BCUT2D eigenvalue weighted by Gasteiger charge is -2.09. The summed E-state index contributed by atoms with van der Waals surface area (Å²) in [5.74, 6) is -0.0768. The molecule has 0 radical (unpaired) electrons. The normalized spacial score (nSPS) is 12.5. The first kappa shape index (κ1) is 9.74. The molecule has 3 heteroatoms. The second-order valence-corrected chi connectivity index (χ2v) is 2.98. The van der Waals surface area contributed by atoms with Gasteiger partial charge in [-0.1, -0.05) is 18.2 Å². The van der Waals surface area contributed by atoms with Crippen LogP contribution in [-0.2, 0) is 4.79 Å². The Labute approximate surface area is 76.6 Å². The minimum atomic E-state index is -0.904. The van der Waals surface area contributed by atoms with Gasteiger partial charge < -0.3 is 10.2 Å². The number of para-hydroxylation sites is 1. The lowest BCUT2D eigenvalue weighted by Crippen LogP contribution is -2.03. The van der Waals surface area contributed by atoms with Crippen LogP contribution in [0.3, 0.4) is 0 Å². The van der Waals surface area contributed by atoms with Crippen LogP contribution in [0.1, 0.15) is 25.0 Å². The third-order valence-corrected chi connectivity index (χ3v) is 1.78. The maximum absolute atomic E-state index is 10.7. The third-order valence-electron chi connectivity index (χ3n) is 1.78. The molecule has 0 bridgehead atoms. The first-order valence-electron chi connectivity index (χ1n) is 4.06. The van der Waals surface area contributed by atoms with Crippen LogP contribution in [0.25, 0.3) is 0 Å². The molecule has 3 nitrogen and oxygen atoms in total. The predicted octanol–water partition coefficient (Wildman–Crippen LogP) is 1.40. The summed E-state index contributed by atoms with van der Waals surface area (Å²) < 4.78 is 0. The summed E-state index contributed by atoms with van der Waals surface area (Å²) in [4.78, 5) is 10.7. The zero-order valence-electron chi connectivity index (χ0n) is 7.40. The van der Waals surface area contributed by atoms with E-state index in [0.29, 0.717) is 5.56 Å². The van der Waals surface area contributed by atoms with Crippen LogP contribution in [0.5, 0.6) is 5.75 Å². The second kappa shape index (κ2) is 4.05. The number of hydrogen-bond acceptors (Lipinski definition) is 3. The third kappa shape index (κ3) is 2.56. The van der Waals surface area contributed by atoms with Crippen molar-refractivity contribution in [2.45, 2.75) is 19.4 Å². The summed E-state index contributed by atoms with van der Waals surface area (Å²) in [7, 11) is 0. The molecular formula is C10H12O3. The Morgan fingerprint density at radius 1 is 1.46 bits per heavy atom. The van der Waals surface area contributed by atoms with Crippen molar-refractivity contribution in [2.24, 2.45) is 0 Å². The lowest BCUT2D eigenvalue weighted by molar-refractivity contribution is -0.118. The molecule has 0 amide bonds. The number of aliphatic hydroxyl groups excluding tert-OH is 1. The number of ketones is 1. The zero-order valence-corrected chi connectivity index (χ0v) is 7.40. The molecule has 1 atom stereocenters. The van der Waals surface area contributed by atoms with Gasteiger partial charge in [0.15, 0.2) is 0 Å². The average Bonchev–Trinajstić information content (AvgIpc) is 2.03. The monoisotopic (exact) mass is 180 g/mol. The summed E-state index contributed by atoms with van der Waals surface area (Å²) in [6.07, 6.45) is -0.865. The molecule has 0 saturated heterocycles. The Bertz CT molecular complexity index is 307. The van der Waals surface area contributed by atoms with Crippen LogP contribution in [0.4, 0.5) is 0 Å². The number of carbonyl (C=O) groups is 1. The minimum absolute atomic E-state index is 0.0243. The van der Waals surface area contributed by atoms with Gasteiger partial charge in [-0.3, -0.25) is 4.79 Å². The van der Waals surface area contributed by atoms with E-state index in [1.54, 1.807) is 18.2 Å². The minimum Gasteiger partial charge on any atom is -0.508 e. The van der Waals surface area contributed by atoms with Crippen molar-refractivity contribution in [2.75, 3.05) is 0 Å². The van der Waals surface area contributed by atoms with Crippen molar-refractivity contribution in [3.05, 3.63) is 29.8 Å². The fourth-order valence-electron chi connectivity index (χ4n) is 1.15. The number of hydrogen-bond donors (Lipinski definition) is 2. The number of benzene rings is 1. The molecule has 0 heterocycles. The topological polar surface area (TPSA) is 57.5 Å². The van der Waals surface area contributed by atoms with Gasteiger partial charge in [0.1, 0.15) is 11.5 Å². The SMILES string of the molecule is CC(=O)C[C@H](O)c1ccccc1O. The Balaban J connectivity index is 2.82. The Hall–Kier alpha value is -1.35. The molecule has 0 aliphatic rings. The van der Waals surface area contributed by atoms with Crippen molar-refractivity contribution >= 4 is 5.78 Å². The highest BCUT2D eigenvalue weighted by Gasteiger charge is 2.12. The number of phenolic OH excluding ortho intramolecular Hbond substituents is 1. The summed E-state index contributed by atoms with van der Waals surface area (Å²) in [6.45, 7) is 1.41. The van der Waals surface area contributed by atoms with E-state index in [-0.39, 0.29) is 18.0 Å². The van der Waals surface area contributed by atoms with Crippen LogP contribution < -0.4 is 0 Å². The number of carbonyl (C=O) groups excluding carboxylic acids is 1. The molecule has 1 rings (SSSR count). The molecule has 0 unspecified atom stereocenters. The molecule has 0 aliphatic carbocycles. The lowest BCUT2D eigenvalue weighted by atomic mass is 10.0. The van der Waals surface area contributed by atoms with E-state index in [2.05, 4.69) is 0 Å². The van der Waals surface area contributed by atoms with Crippen LogP contribution in [0, 0.1) is 0 Å². The van der Waals surface area contributed by atoms with Crippen LogP contribution >= 0.6 is 0 Å². The number of phenols is 1. The highest BCUT2D eigenvalue weighted by atomic mass is 16.3. The zero-order chi connectivity index (χ0) is 9.84. The fraction of sp³-hybridized carbons (Fsp3) is 0.300. The van der Waals surface area contributed by atoms with Gasteiger partial charge in [0, 0.05) is 12.0 Å². The molecule has 0 fully saturated rings. The summed E-state index contributed by atoms with van der Waals surface area (Å²) in [6, 6.07) is 6.46. The average molecular weight is 180 g/mol. The largest absolute Gasteiger partial charge is 0.508 e. The molecule has 1 aromatic rings. The smallest absolute Gasteiger partial charge is 0.132 e. The first-order valence-corrected chi connectivity index (χ1v) is 4.06. The molecule has 13 heavy (non-hydrogen) atoms. The molecule has 2 N–H and O–H groups in total. The van der Waals surface area contributed by atoms with E-state index in [1.165, 1.54) is 13.0 Å². The Kier molecular flexibility index (Phi) is 3.03. The summed E-state index contributed by atoms with van der Waals surface area (Å²) in [5.41, 5.74) is 0.401. The van der Waals surface area contributed by atoms with Crippen molar-refractivity contribution in [1.82, 2.24) is 0 Å². The number of aromatic hydroxyl groups is 1. The van der Waals surface area contributed by atoms with E-state index in [0.717, 1.165) is 0 Å². The standard InChI is InChI=1S/C10H12O3/c1-7(11)6-10(13)8-4-2-3-5-9(8)12/h2-5,10,12-13H,6H2,1H3/t10-/m0/s1. The van der Waals surface area contributed by atoms with Gasteiger partial charge in [0.2, 0.25) is 0 Å². The fourth-order valence-corrected chi connectivity index (χ4v) is 1.15. The first-order chi connectivity index (χ1) is 6.11. The highest BCUT2D eigenvalue weighted by molar-refractivity contribution is 5.76. The van der Waals surface area contributed by atoms with Gasteiger partial charge in [0.25, 0.3) is 0 Å². The quantitative estimate of drug-likeness (QED) is 0.739. The van der Waals surface area contributed by atoms with Crippen LogP contribution in [0.2, 0.25) is 0 Å². The van der Waals surface area contributed by atoms with E-state index in [1.807, 2.05) is 0 Å². The van der Waals surface area contributed by atoms with E-state index < -0.39 is 6.10 Å².